The molecule has 0 aliphatic heterocycles. The van der Waals surface area contributed by atoms with Crippen molar-refractivity contribution in [2.75, 3.05) is 0 Å². The largest absolute Gasteiger partial charge is 0.328 e. The molecule has 2 aromatic rings. The molecule has 0 amide bonds. The van der Waals surface area contributed by atoms with E-state index in [2.05, 4.69) is 54.4 Å². The van der Waals surface area contributed by atoms with Crippen LogP contribution in [-0.2, 0) is 6.42 Å². The number of nitrogens with zero attached hydrogens (tertiary/aromatic N) is 1. The van der Waals surface area contributed by atoms with Crippen molar-refractivity contribution in [3.63, 3.8) is 0 Å². The second-order valence-corrected chi connectivity index (χ2v) is 5.24. The average Bonchev–Trinajstić information content (AvgIpc) is 2.76. The molecule has 1 aromatic heterocycles. The zero-order valence-electron chi connectivity index (χ0n) is 11.3. The highest BCUT2D eigenvalue weighted by Crippen LogP contribution is 2.21. The van der Waals surface area contributed by atoms with Crippen molar-refractivity contribution in [2.24, 2.45) is 5.73 Å². The topological polar surface area (TPSA) is 54.7 Å². The third-order valence-corrected chi connectivity index (χ3v) is 3.05. The molecule has 0 bridgehead atoms. The first-order valence-corrected chi connectivity index (χ1v) is 6.46. The first-order valence-electron chi connectivity index (χ1n) is 6.46. The van der Waals surface area contributed by atoms with Gasteiger partial charge in [-0.1, -0.05) is 38.1 Å². The summed E-state index contributed by atoms with van der Waals surface area (Å²) in [5.74, 6) is 0.562. The molecule has 1 heterocycles. The molecule has 3 heteroatoms. The molecule has 0 saturated heterocycles. The molecule has 1 aromatic carbocycles. The van der Waals surface area contributed by atoms with Gasteiger partial charge in [-0.15, -0.1) is 0 Å². The van der Waals surface area contributed by atoms with Gasteiger partial charge in [-0.05, 0) is 24.5 Å². The van der Waals surface area contributed by atoms with Crippen LogP contribution in [-0.4, -0.2) is 16.2 Å². The van der Waals surface area contributed by atoms with Gasteiger partial charge < -0.3 is 5.73 Å². The minimum absolute atomic E-state index is 0.154. The van der Waals surface area contributed by atoms with E-state index in [1.54, 1.807) is 0 Å². The fourth-order valence-electron chi connectivity index (χ4n) is 2.00. The van der Waals surface area contributed by atoms with Crippen LogP contribution in [0.4, 0.5) is 0 Å². The Morgan fingerprint density at radius 3 is 2.39 bits per heavy atom. The van der Waals surface area contributed by atoms with Crippen molar-refractivity contribution in [2.45, 2.75) is 39.2 Å². The lowest BCUT2D eigenvalue weighted by Crippen LogP contribution is -2.17. The van der Waals surface area contributed by atoms with Gasteiger partial charge in [0.25, 0.3) is 0 Å². The summed E-state index contributed by atoms with van der Waals surface area (Å²) in [5.41, 5.74) is 10.4. The zero-order chi connectivity index (χ0) is 13.1. The van der Waals surface area contributed by atoms with Crippen molar-refractivity contribution in [3.05, 3.63) is 41.6 Å². The minimum atomic E-state index is 0.154. The van der Waals surface area contributed by atoms with Gasteiger partial charge in [0.15, 0.2) is 0 Å². The third kappa shape index (κ3) is 2.99. The highest BCUT2D eigenvalue weighted by molar-refractivity contribution is 5.59. The molecular formula is C15H21N3. The van der Waals surface area contributed by atoms with E-state index >= 15 is 0 Å². The lowest BCUT2D eigenvalue weighted by Gasteiger charge is -2.05. The maximum absolute atomic E-state index is 5.78. The molecule has 0 aliphatic rings. The molecule has 0 spiro atoms. The number of H-pyrrole nitrogens is 1. The molecule has 96 valence electrons. The second-order valence-electron chi connectivity index (χ2n) is 5.24. The highest BCUT2D eigenvalue weighted by Gasteiger charge is 2.06. The molecular weight excluding hydrogens is 222 g/mol. The molecule has 2 rings (SSSR count). The van der Waals surface area contributed by atoms with Crippen molar-refractivity contribution < 1.29 is 0 Å². The first-order chi connectivity index (χ1) is 8.56. The quantitative estimate of drug-likeness (QED) is 0.867. The van der Waals surface area contributed by atoms with Crippen molar-refractivity contribution in [3.8, 4) is 11.3 Å². The molecule has 0 saturated carbocycles. The standard InChI is InChI=1S/C15H21N3/c1-10(2)12-4-6-13(7-5-12)15-9-14(17-18-15)8-11(3)16/h4-7,9-11H,8,16H2,1-3H3,(H,17,18). The van der Waals surface area contributed by atoms with Crippen LogP contribution in [0.3, 0.4) is 0 Å². The van der Waals surface area contributed by atoms with Gasteiger partial charge in [-0.25, -0.2) is 0 Å². The van der Waals surface area contributed by atoms with Gasteiger partial charge in [0.05, 0.1) is 5.69 Å². The second kappa shape index (κ2) is 5.36. The SMILES string of the molecule is CC(N)Cc1cc(-c2ccc(C(C)C)cc2)n[nH]1. The number of rotatable bonds is 4. The fraction of sp³-hybridized carbons (Fsp3) is 0.400. The smallest absolute Gasteiger partial charge is 0.0923 e. The summed E-state index contributed by atoms with van der Waals surface area (Å²) in [6.07, 6.45) is 0.830. The maximum Gasteiger partial charge on any atom is 0.0923 e. The van der Waals surface area contributed by atoms with Gasteiger partial charge >= 0.3 is 0 Å². The van der Waals surface area contributed by atoms with E-state index < -0.39 is 0 Å². The molecule has 0 aliphatic carbocycles. The number of benzene rings is 1. The Hall–Kier alpha value is -1.61. The molecule has 18 heavy (non-hydrogen) atoms. The van der Waals surface area contributed by atoms with E-state index in [0.29, 0.717) is 5.92 Å². The van der Waals surface area contributed by atoms with Gasteiger partial charge in [0.1, 0.15) is 0 Å². The summed E-state index contributed by atoms with van der Waals surface area (Å²) in [6.45, 7) is 6.40. The Balaban J connectivity index is 2.18. The van der Waals surface area contributed by atoms with Crippen LogP contribution in [0, 0.1) is 0 Å². The van der Waals surface area contributed by atoms with Crippen LogP contribution >= 0.6 is 0 Å². The lowest BCUT2D eigenvalue weighted by molar-refractivity contribution is 0.719. The fourth-order valence-corrected chi connectivity index (χ4v) is 2.00. The molecule has 3 N–H and O–H groups in total. The van der Waals surface area contributed by atoms with E-state index in [4.69, 9.17) is 5.73 Å². The van der Waals surface area contributed by atoms with Crippen molar-refractivity contribution in [1.29, 1.82) is 0 Å². The molecule has 0 radical (unpaired) electrons. The Kier molecular flexibility index (Phi) is 3.82. The van der Waals surface area contributed by atoms with Crippen LogP contribution in [0.25, 0.3) is 11.3 Å². The number of nitrogens with two attached hydrogens (primary N) is 1. The van der Waals surface area contributed by atoms with Crippen LogP contribution in [0.5, 0.6) is 0 Å². The van der Waals surface area contributed by atoms with Crippen LogP contribution in [0.1, 0.15) is 37.9 Å². The van der Waals surface area contributed by atoms with Gasteiger partial charge in [-0.3, -0.25) is 5.10 Å². The predicted octanol–water partition coefficient (Wildman–Crippen LogP) is 3.09. The van der Waals surface area contributed by atoms with Gasteiger partial charge in [0, 0.05) is 23.7 Å². The molecule has 0 fully saturated rings. The molecule has 1 unspecified atom stereocenters. The summed E-state index contributed by atoms with van der Waals surface area (Å²) in [6, 6.07) is 10.8. The Morgan fingerprint density at radius 2 is 1.83 bits per heavy atom. The summed E-state index contributed by atoms with van der Waals surface area (Å²) in [7, 11) is 0. The van der Waals surface area contributed by atoms with Gasteiger partial charge in [0.2, 0.25) is 0 Å². The monoisotopic (exact) mass is 243 g/mol. The van der Waals surface area contributed by atoms with E-state index in [1.165, 1.54) is 5.56 Å². The Bertz CT molecular complexity index is 495. The van der Waals surface area contributed by atoms with E-state index in [9.17, 15) is 0 Å². The van der Waals surface area contributed by atoms with E-state index in [-0.39, 0.29) is 6.04 Å². The summed E-state index contributed by atoms with van der Waals surface area (Å²) >= 11 is 0. The van der Waals surface area contributed by atoms with Crippen molar-refractivity contribution >= 4 is 0 Å². The van der Waals surface area contributed by atoms with Gasteiger partial charge in [-0.2, -0.15) is 5.10 Å². The molecule has 3 nitrogen and oxygen atoms in total. The predicted molar refractivity (Wildman–Crippen MR) is 75.5 cm³/mol. The maximum atomic E-state index is 5.78. The number of hydrogen-bond donors (Lipinski definition) is 2. The average molecular weight is 243 g/mol. The summed E-state index contributed by atoms with van der Waals surface area (Å²) < 4.78 is 0. The number of hydrogen-bond acceptors (Lipinski definition) is 2. The Labute approximate surface area is 108 Å². The van der Waals surface area contributed by atoms with Crippen LogP contribution in [0.2, 0.25) is 0 Å². The van der Waals surface area contributed by atoms with E-state index in [1.807, 2.05) is 6.92 Å². The number of aromatic amines is 1. The third-order valence-electron chi connectivity index (χ3n) is 3.05. The molecule has 1 atom stereocenters. The minimum Gasteiger partial charge on any atom is -0.328 e. The first kappa shape index (κ1) is 12.8. The summed E-state index contributed by atoms with van der Waals surface area (Å²) in [5, 5.41) is 7.38. The zero-order valence-corrected chi connectivity index (χ0v) is 11.3. The normalized spacial score (nSPS) is 12.9. The van der Waals surface area contributed by atoms with E-state index in [0.717, 1.165) is 23.4 Å². The number of nitrogens with one attached hydrogen (secondary N) is 1. The highest BCUT2D eigenvalue weighted by atomic mass is 15.1. The number of aromatic nitrogens is 2. The Morgan fingerprint density at radius 1 is 1.17 bits per heavy atom. The van der Waals surface area contributed by atoms with Crippen molar-refractivity contribution in [1.82, 2.24) is 10.2 Å². The van der Waals surface area contributed by atoms with Crippen LogP contribution < -0.4 is 5.73 Å². The lowest BCUT2D eigenvalue weighted by atomic mass is 10.0. The summed E-state index contributed by atoms with van der Waals surface area (Å²) in [4.78, 5) is 0. The van der Waals surface area contributed by atoms with Crippen LogP contribution in [0.15, 0.2) is 30.3 Å².